The van der Waals surface area contributed by atoms with Gasteiger partial charge in [-0.05, 0) is 42.5 Å². The second kappa shape index (κ2) is 5.45. The van der Waals surface area contributed by atoms with Gasteiger partial charge in [0.05, 0.1) is 5.75 Å². The molecule has 96 valence electrons. The Bertz CT molecular complexity index is 567. The van der Waals surface area contributed by atoms with E-state index in [1.54, 1.807) is 0 Å². The molecular formula is C14H16O3S. The van der Waals surface area contributed by atoms with Gasteiger partial charge in [0.1, 0.15) is 18.1 Å². The predicted octanol–water partition coefficient (Wildman–Crippen LogP) is 1.60. The number of fused-ring (bicyclic) bond motifs is 1. The lowest BCUT2D eigenvalue weighted by molar-refractivity contribution is 0.340. The third-order valence-electron chi connectivity index (χ3n) is 3.04. The average molecular weight is 264 g/mol. The zero-order chi connectivity index (χ0) is 13.0. The Kier molecular flexibility index (Phi) is 3.93. The summed E-state index contributed by atoms with van der Waals surface area (Å²) < 4.78 is 28.2. The van der Waals surface area contributed by atoms with Crippen molar-refractivity contribution in [3.63, 3.8) is 0 Å². The molecule has 18 heavy (non-hydrogen) atoms. The van der Waals surface area contributed by atoms with Crippen LogP contribution < -0.4 is 4.74 Å². The minimum Gasteiger partial charge on any atom is -0.493 e. The van der Waals surface area contributed by atoms with Gasteiger partial charge in [-0.3, -0.25) is 0 Å². The fourth-order valence-corrected chi connectivity index (χ4v) is 2.86. The van der Waals surface area contributed by atoms with Crippen LogP contribution in [0.3, 0.4) is 0 Å². The van der Waals surface area contributed by atoms with Gasteiger partial charge < -0.3 is 4.74 Å². The van der Waals surface area contributed by atoms with Gasteiger partial charge in [0.15, 0.2) is 9.84 Å². The van der Waals surface area contributed by atoms with Crippen molar-refractivity contribution in [3.05, 3.63) is 29.3 Å². The minimum atomic E-state index is -3.17. The average Bonchev–Trinajstić information content (AvgIpc) is 2.75. The topological polar surface area (TPSA) is 43.4 Å². The van der Waals surface area contributed by atoms with Gasteiger partial charge in [-0.15, -0.1) is 6.42 Å². The molecule has 0 spiro atoms. The lowest BCUT2D eigenvalue weighted by Crippen LogP contribution is -2.16. The van der Waals surface area contributed by atoms with Crippen molar-refractivity contribution in [3.8, 4) is 18.1 Å². The first kappa shape index (κ1) is 13.0. The lowest BCUT2D eigenvalue weighted by Gasteiger charge is -2.07. The Hall–Kier alpha value is -1.47. The first-order valence-corrected chi connectivity index (χ1v) is 7.81. The highest BCUT2D eigenvalue weighted by molar-refractivity contribution is 7.91. The van der Waals surface area contributed by atoms with Crippen molar-refractivity contribution >= 4 is 9.84 Å². The van der Waals surface area contributed by atoms with E-state index in [9.17, 15) is 8.42 Å². The molecule has 1 aromatic carbocycles. The monoisotopic (exact) mass is 264 g/mol. The maximum atomic E-state index is 11.4. The van der Waals surface area contributed by atoms with Gasteiger partial charge in [-0.25, -0.2) is 8.42 Å². The van der Waals surface area contributed by atoms with E-state index in [1.165, 1.54) is 17.5 Å². The maximum absolute atomic E-state index is 11.4. The number of benzene rings is 1. The fraction of sp³-hybridized carbons (Fsp3) is 0.429. The predicted molar refractivity (Wildman–Crippen MR) is 71.4 cm³/mol. The smallest absolute Gasteiger partial charge is 0.164 e. The van der Waals surface area contributed by atoms with Crippen LogP contribution in [-0.2, 0) is 22.7 Å². The summed E-state index contributed by atoms with van der Waals surface area (Å²) in [6.45, 7) is 0.156. The van der Waals surface area contributed by atoms with E-state index in [1.807, 2.05) is 12.1 Å². The number of rotatable bonds is 5. The minimum absolute atomic E-state index is 0.0334. The SMILES string of the molecule is C#CCS(=O)(=O)CCOc1ccc2c(c1)CCC2. The summed E-state index contributed by atoms with van der Waals surface area (Å²) >= 11 is 0. The summed E-state index contributed by atoms with van der Waals surface area (Å²) in [5, 5.41) is 0. The van der Waals surface area contributed by atoms with Gasteiger partial charge >= 0.3 is 0 Å². The zero-order valence-electron chi connectivity index (χ0n) is 10.2. The van der Waals surface area contributed by atoms with Crippen molar-refractivity contribution in [2.45, 2.75) is 19.3 Å². The molecule has 0 unspecified atom stereocenters. The van der Waals surface area contributed by atoms with Crippen molar-refractivity contribution in [2.24, 2.45) is 0 Å². The van der Waals surface area contributed by atoms with Crippen LogP contribution in [0.5, 0.6) is 5.75 Å². The van der Waals surface area contributed by atoms with Gasteiger partial charge in [-0.1, -0.05) is 12.0 Å². The molecule has 0 amide bonds. The van der Waals surface area contributed by atoms with Gasteiger partial charge in [0.2, 0.25) is 0 Å². The molecule has 1 aliphatic carbocycles. The molecule has 3 nitrogen and oxygen atoms in total. The van der Waals surface area contributed by atoms with Gasteiger partial charge in [0.25, 0.3) is 0 Å². The molecule has 4 heteroatoms. The number of terminal acetylenes is 1. The Morgan fingerprint density at radius 1 is 1.28 bits per heavy atom. The number of sulfone groups is 1. The molecule has 0 saturated heterocycles. The van der Waals surface area contributed by atoms with E-state index in [2.05, 4.69) is 12.0 Å². The summed E-state index contributed by atoms with van der Waals surface area (Å²) in [5.41, 5.74) is 2.70. The normalized spacial score (nSPS) is 13.9. The first-order valence-electron chi connectivity index (χ1n) is 5.99. The number of ether oxygens (including phenoxy) is 1. The number of hydrogen-bond donors (Lipinski definition) is 0. The van der Waals surface area contributed by atoms with Gasteiger partial charge in [0, 0.05) is 0 Å². The molecule has 0 heterocycles. The number of hydrogen-bond acceptors (Lipinski definition) is 3. The summed E-state index contributed by atoms with van der Waals surface area (Å²) in [7, 11) is -3.17. The van der Waals surface area contributed by atoms with Crippen LogP contribution in [0, 0.1) is 12.3 Å². The molecule has 1 aromatic rings. The fourth-order valence-electron chi connectivity index (χ4n) is 2.12. The third kappa shape index (κ3) is 3.27. The van der Waals surface area contributed by atoms with Crippen molar-refractivity contribution in [1.82, 2.24) is 0 Å². The molecule has 2 rings (SSSR count). The number of aryl methyl sites for hydroxylation is 2. The standard InChI is InChI=1S/C14H16O3S/c1-2-9-18(15,16)10-8-17-14-7-6-12-4-3-5-13(12)11-14/h1,6-7,11H,3-5,8-10H2. The largest absolute Gasteiger partial charge is 0.493 e. The molecule has 0 aliphatic heterocycles. The lowest BCUT2D eigenvalue weighted by atomic mass is 10.1. The highest BCUT2D eigenvalue weighted by Gasteiger charge is 2.12. The van der Waals surface area contributed by atoms with E-state index in [0.29, 0.717) is 0 Å². The molecule has 0 bridgehead atoms. The van der Waals surface area contributed by atoms with E-state index in [0.717, 1.165) is 18.6 Å². The third-order valence-corrected chi connectivity index (χ3v) is 4.43. The Balaban J connectivity index is 1.90. The van der Waals surface area contributed by atoms with Gasteiger partial charge in [-0.2, -0.15) is 0 Å². The molecule has 0 radical (unpaired) electrons. The molecule has 0 N–H and O–H groups in total. The molecule has 0 saturated carbocycles. The molecule has 1 aliphatic rings. The summed E-state index contributed by atoms with van der Waals surface area (Å²) in [5.74, 6) is 2.63. The van der Waals surface area contributed by atoms with E-state index in [4.69, 9.17) is 11.2 Å². The van der Waals surface area contributed by atoms with Crippen LogP contribution in [-0.4, -0.2) is 26.5 Å². The quantitative estimate of drug-likeness (QED) is 0.759. The summed E-state index contributed by atoms with van der Waals surface area (Å²) in [6.07, 6.45) is 8.40. The Labute approximate surface area is 108 Å². The van der Waals surface area contributed by atoms with E-state index in [-0.39, 0.29) is 18.1 Å². The van der Waals surface area contributed by atoms with Crippen LogP contribution in [0.1, 0.15) is 17.5 Å². The Morgan fingerprint density at radius 3 is 2.83 bits per heavy atom. The van der Waals surface area contributed by atoms with Crippen LogP contribution in [0.25, 0.3) is 0 Å². The van der Waals surface area contributed by atoms with Crippen molar-refractivity contribution in [2.75, 3.05) is 18.1 Å². The van der Waals surface area contributed by atoms with Crippen LogP contribution in [0.15, 0.2) is 18.2 Å². The molecular weight excluding hydrogens is 248 g/mol. The van der Waals surface area contributed by atoms with E-state index >= 15 is 0 Å². The van der Waals surface area contributed by atoms with Crippen LogP contribution in [0.2, 0.25) is 0 Å². The summed E-state index contributed by atoms with van der Waals surface area (Å²) in [4.78, 5) is 0. The second-order valence-electron chi connectivity index (χ2n) is 4.43. The molecule has 0 atom stereocenters. The highest BCUT2D eigenvalue weighted by Crippen LogP contribution is 2.25. The van der Waals surface area contributed by atoms with E-state index < -0.39 is 9.84 Å². The maximum Gasteiger partial charge on any atom is 0.164 e. The summed E-state index contributed by atoms with van der Waals surface area (Å²) in [6, 6.07) is 5.97. The highest BCUT2D eigenvalue weighted by atomic mass is 32.2. The first-order chi connectivity index (χ1) is 8.61. The van der Waals surface area contributed by atoms with Crippen molar-refractivity contribution < 1.29 is 13.2 Å². The zero-order valence-corrected chi connectivity index (χ0v) is 11.0. The molecule has 0 aromatic heterocycles. The van der Waals surface area contributed by atoms with Crippen LogP contribution in [0.4, 0.5) is 0 Å². The van der Waals surface area contributed by atoms with Crippen molar-refractivity contribution in [1.29, 1.82) is 0 Å². The molecule has 0 fully saturated rings. The van der Waals surface area contributed by atoms with Crippen LogP contribution >= 0.6 is 0 Å². The Morgan fingerprint density at radius 2 is 2.06 bits per heavy atom. The second-order valence-corrected chi connectivity index (χ2v) is 6.61.